The minimum Gasteiger partial charge on any atom is -0.497 e. The number of carbonyl (C=O) groups is 2. The van der Waals surface area contributed by atoms with Crippen LogP contribution in [0.4, 0.5) is 0 Å². The van der Waals surface area contributed by atoms with Crippen LogP contribution < -0.4 is 14.2 Å². The molecule has 0 aromatic heterocycles. The molecule has 1 aliphatic heterocycles. The molecule has 0 saturated heterocycles. The third-order valence-electron chi connectivity index (χ3n) is 4.90. The molecule has 0 aliphatic carbocycles. The molecule has 0 saturated carbocycles. The Labute approximate surface area is 179 Å². The topological polar surface area (TPSA) is 114 Å². The first-order valence-corrected chi connectivity index (χ1v) is 9.78. The summed E-state index contributed by atoms with van der Waals surface area (Å²) in [4.78, 5) is 35.5. The Balaban J connectivity index is 1.87. The molecule has 0 amide bonds. The Morgan fingerprint density at radius 3 is 2.48 bits per heavy atom. The maximum absolute atomic E-state index is 12.8. The summed E-state index contributed by atoms with van der Waals surface area (Å²) in [5.41, 5.74) is 1.21. The van der Waals surface area contributed by atoms with Crippen molar-refractivity contribution in [3.8, 4) is 17.2 Å². The van der Waals surface area contributed by atoms with Crippen molar-refractivity contribution in [1.82, 2.24) is 0 Å². The van der Waals surface area contributed by atoms with Gasteiger partial charge in [-0.25, -0.2) is 0 Å². The van der Waals surface area contributed by atoms with Gasteiger partial charge in [0.25, 0.3) is 0 Å². The molecular weight excluding hydrogens is 406 g/mol. The van der Waals surface area contributed by atoms with E-state index < -0.39 is 29.5 Å². The number of fused-ring (bicyclic) bond motifs is 1. The standard InChI is InChI=1S/C22H23NO8/c1-4-29-19(24)11-13(2)16-9-10-18-21(17(16)12-23(26)27)31-22(30-18)20(25)14-5-7-15(28-3)8-6-14/h5-10,13,22H,4,11-12H2,1-3H3. The fraction of sp³-hybridized carbons (Fsp3) is 0.364. The lowest BCUT2D eigenvalue weighted by Gasteiger charge is -2.15. The lowest BCUT2D eigenvalue weighted by molar-refractivity contribution is -0.497. The van der Waals surface area contributed by atoms with Crippen LogP contribution in [0.3, 0.4) is 0 Å². The number of carbonyl (C=O) groups excluding carboxylic acids is 2. The molecule has 2 unspecified atom stereocenters. The summed E-state index contributed by atoms with van der Waals surface area (Å²) in [5, 5.41) is 11.3. The van der Waals surface area contributed by atoms with Gasteiger partial charge in [-0.2, -0.15) is 0 Å². The summed E-state index contributed by atoms with van der Waals surface area (Å²) in [6.07, 6.45) is -1.20. The van der Waals surface area contributed by atoms with E-state index in [-0.39, 0.29) is 36.0 Å². The van der Waals surface area contributed by atoms with Gasteiger partial charge in [-0.15, -0.1) is 0 Å². The van der Waals surface area contributed by atoms with E-state index >= 15 is 0 Å². The van der Waals surface area contributed by atoms with E-state index in [1.54, 1.807) is 50.2 Å². The Bertz CT molecular complexity index is 986. The van der Waals surface area contributed by atoms with Gasteiger partial charge in [-0.1, -0.05) is 13.0 Å². The monoisotopic (exact) mass is 429 g/mol. The highest BCUT2D eigenvalue weighted by molar-refractivity contribution is 5.99. The minimum atomic E-state index is -1.26. The molecule has 9 nitrogen and oxygen atoms in total. The molecular formula is C22H23NO8. The number of ether oxygens (including phenoxy) is 4. The van der Waals surface area contributed by atoms with Crippen molar-refractivity contribution in [2.24, 2.45) is 0 Å². The smallest absolute Gasteiger partial charge is 0.306 e. The van der Waals surface area contributed by atoms with Gasteiger partial charge < -0.3 is 18.9 Å². The highest BCUT2D eigenvalue weighted by Crippen LogP contribution is 2.43. The van der Waals surface area contributed by atoms with Gasteiger partial charge in [-0.05, 0) is 48.7 Å². The van der Waals surface area contributed by atoms with Gasteiger partial charge in [0.15, 0.2) is 11.5 Å². The second kappa shape index (κ2) is 9.46. The molecule has 0 spiro atoms. The van der Waals surface area contributed by atoms with Crippen LogP contribution in [0.2, 0.25) is 0 Å². The summed E-state index contributed by atoms with van der Waals surface area (Å²) in [7, 11) is 1.52. The predicted molar refractivity (Wildman–Crippen MR) is 109 cm³/mol. The summed E-state index contributed by atoms with van der Waals surface area (Å²) >= 11 is 0. The summed E-state index contributed by atoms with van der Waals surface area (Å²) in [5.74, 6) is -0.173. The fourth-order valence-corrected chi connectivity index (χ4v) is 3.42. The SMILES string of the molecule is CCOC(=O)CC(C)c1ccc2c(c1C[N+](=O)[O-])OC(C(=O)c1ccc(OC)cc1)O2. The molecule has 9 heteroatoms. The van der Waals surface area contributed by atoms with Crippen LogP contribution in [0.15, 0.2) is 36.4 Å². The minimum absolute atomic E-state index is 0.0619. The first kappa shape index (κ1) is 22.1. The molecule has 0 fully saturated rings. The second-order valence-corrected chi connectivity index (χ2v) is 7.02. The average molecular weight is 429 g/mol. The molecule has 1 heterocycles. The Hall–Kier alpha value is -3.62. The lowest BCUT2D eigenvalue weighted by Crippen LogP contribution is -2.29. The van der Waals surface area contributed by atoms with Crippen LogP contribution in [0.1, 0.15) is 47.7 Å². The van der Waals surface area contributed by atoms with Gasteiger partial charge in [0.05, 0.1) is 25.7 Å². The van der Waals surface area contributed by atoms with Crippen molar-refractivity contribution >= 4 is 11.8 Å². The maximum Gasteiger partial charge on any atom is 0.306 e. The van der Waals surface area contributed by atoms with Crippen molar-refractivity contribution in [2.45, 2.75) is 39.0 Å². The highest BCUT2D eigenvalue weighted by Gasteiger charge is 2.36. The van der Waals surface area contributed by atoms with E-state index in [0.717, 1.165) is 0 Å². The Morgan fingerprint density at radius 1 is 1.16 bits per heavy atom. The van der Waals surface area contributed by atoms with Gasteiger partial charge in [-0.3, -0.25) is 19.7 Å². The molecule has 31 heavy (non-hydrogen) atoms. The van der Waals surface area contributed by atoms with Gasteiger partial charge in [0.2, 0.25) is 12.3 Å². The van der Waals surface area contributed by atoms with Gasteiger partial charge in [0.1, 0.15) is 5.75 Å². The Kier molecular flexibility index (Phi) is 6.74. The largest absolute Gasteiger partial charge is 0.497 e. The van der Waals surface area contributed by atoms with Crippen LogP contribution in [-0.2, 0) is 16.1 Å². The quantitative estimate of drug-likeness (QED) is 0.257. The van der Waals surface area contributed by atoms with Crippen molar-refractivity contribution in [1.29, 1.82) is 0 Å². The molecule has 0 bridgehead atoms. The Morgan fingerprint density at radius 2 is 1.87 bits per heavy atom. The van der Waals surface area contributed by atoms with Crippen LogP contribution in [-0.4, -0.2) is 36.7 Å². The lowest BCUT2D eigenvalue weighted by atomic mass is 9.92. The zero-order valence-electron chi connectivity index (χ0n) is 17.5. The number of nitrogens with zero attached hydrogens (tertiary/aromatic N) is 1. The molecule has 0 radical (unpaired) electrons. The predicted octanol–water partition coefficient (Wildman–Crippen LogP) is 3.51. The van der Waals surface area contributed by atoms with Crippen molar-refractivity contribution in [3.05, 3.63) is 63.2 Å². The molecule has 164 valence electrons. The number of hydrogen-bond donors (Lipinski definition) is 0. The number of benzene rings is 2. The van der Waals surface area contributed by atoms with Gasteiger partial charge >= 0.3 is 12.3 Å². The van der Waals surface area contributed by atoms with Crippen molar-refractivity contribution in [3.63, 3.8) is 0 Å². The van der Waals surface area contributed by atoms with Crippen molar-refractivity contribution < 1.29 is 33.5 Å². The zero-order valence-corrected chi connectivity index (χ0v) is 17.5. The first-order valence-electron chi connectivity index (χ1n) is 9.78. The molecule has 2 aromatic rings. The van der Waals surface area contributed by atoms with Crippen LogP contribution in [0.5, 0.6) is 17.2 Å². The molecule has 3 rings (SSSR count). The second-order valence-electron chi connectivity index (χ2n) is 7.02. The van der Waals surface area contributed by atoms with E-state index in [9.17, 15) is 19.7 Å². The third-order valence-corrected chi connectivity index (χ3v) is 4.90. The van der Waals surface area contributed by atoms with Gasteiger partial charge in [0, 0.05) is 10.5 Å². The zero-order chi connectivity index (χ0) is 22.5. The highest BCUT2D eigenvalue weighted by atomic mass is 16.7. The summed E-state index contributed by atoms with van der Waals surface area (Å²) in [6, 6.07) is 9.71. The number of nitro groups is 1. The average Bonchev–Trinajstić information content (AvgIpc) is 3.18. The molecule has 0 N–H and O–H groups in total. The number of methoxy groups -OCH3 is 1. The maximum atomic E-state index is 12.8. The summed E-state index contributed by atoms with van der Waals surface area (Å²) < 4.78 is 21.4. The van der Waals surface area contributed by atoms with Crippen LogP contribution >= 0.6 is 0 Å². The number of hydrogen-bond acceptors (Lipinski definition) is 8. The van der Waals surface area contributed by atoms with E-state index in [0.29, 0.717) is 16.9 Å². The normalized spacial score (nSPS) is 15.3. The van der Waals surface area contributed by atoms with E-state index in [1.165, 1.54) is 7.11 Å². The number of rotatable bonds is 9. The number of ketones is 1. The summed E-state index contributed by atoms with van der Waals surface area (Å²) in [6.45, 7) is 3.21. The first-order chi connectivity index (χ1) is 14.8. The third kappa shape index (κ3) is 4.93. The number of esters is 1. The molecule has 2 aromatic carbocycles. The fourth-order valence-electron chi connectivity index (χ4n) is 3.42. The molecule has 2 atom stereocenters. The number of Topliss-reactive ketones (excluding diaryl/α,β-unsaturated/α-hetero) is 1. The molecule has 1 aliphatic rings. The van der Waals surface area contributed by atoms with E-state index in [1.807, 2.05) is 0 Å². The van der Waals surface area contributed by atoms with Crippen LogP contribution in [0.25, 0.3) is 0 Å². The van der Waals surface area contributed by atoms with Crippen molar-refractivity contribution in [2.75, 3.05) is 13.7 Å². The van der Waals surface area contributed by atoms with E-state index in [2.05, 4.69) is 0 Å². The van der Waals surface area contributed by atoms with Crippen LogP contribution in [0, 0.1) is 10.1 Å². The van der Waals surface area contributed by atoms with E-state index in [4.69, 9.17) is 18.9 Å².